The number of nitrogens with zero attached hydrogens (tertiary/aromatic N) is 4. The molecule has 9 heteroatoms. The number of oxazole rings is 1. The summed E-state index contributed by atoms with van der Waals surface area (Å²) in [7, 11) is 0. The van der Waals surface area contributed by atoms with Crippen molar-refractivity contribution in [1.29, 1.82) is 0 Å². The number of aromatic nitrogens is 4. The monoisotopic (exact) mass is 401 g/mol. The molecule has 2 aromatic carbocycles. The number of halogens is 2. The van der Waals surface area contributed by atoms with Crippen LogP contribution in [0.5, 0.6) is 0 Å². The van der Waals surface area contributed by atoms with Crippen molar-refractivity contribution in [2.75, 3.05) is 5.84 Å². The van der Waals surface area contributed by atoms with Crippen LogP contribution in [-0.4, -0.2) is 19.9 Å². The van der Waals surface area contributed by atoms with Crippen molar-refractivity contribution in [3.8, 4) is 22.7 Å². The Morgan fingerprint density at radius 3 is 2.48 bits per heavy atom. The van der Waals surface area contributed by atoms with E-state index in [1.165, 1.54) is 28.6 Å². The number of nitrogens with two attached hydrogens (primary N) is 1. The van der Waals surface area contributed by atoms with Gasteiger partial charge in [0.15, 0.2) is 11.6 Å². The molecule has 6 nitrogen and oxygen atoms in total. The first-order valence-corrected chi connectivity index (χ1v) is 9.26. The van der Waals surface area contributed by atoms with E-state index < -0.39 is 0 Å². The van der Waals surface area contributed by atoms with E-state index in [9.17, 15) is 4.39 Å². The minimum absolute atomic E-state index is 0.322. The van der Waals surface area contributed by atoms with Crippen molar-refractivity contribution < 1.29 is 8.81 Å². The van der Waals surface area contributed by atoms with Gasteiger partial charge in [0.1, 0.15) is 5.82 Å². The fraction of sp³-hybridized carbons (Fsp3) is 0.0556. The number of thioether (sulfide) groups is 1. The van der Waals surface area contributed by atoms with E-state index >= 15 is 0 Å². The third-order valence-corrected chi connectivity index (χ3v) is 4.95. The summed E-state index contributed by atoms with van der Waals surface area (Å²) in [5, 5.41) is 9.31. The Balaban J connectivity index is 1.46. The SMILES string of the molecule is Nn1c(SCc2ncc(-c3ccc(Cl)cc3)o2)nnc1-c1ccc(F)cc1. The van der Waals surface area contributed by atoms with E-state index in [4.69, 9.17) is 21.9 Å². The van der Waals surface area contributed by atoms with Gasteiger partial charge in [-0.15, -0.1) is 10.2 Å². The van der Waals surface area contributed by atoms with Crippen molar-refractivity contribution in [2.45, 2.75) is 10.9 Å². The highest BCUT2D eigenvalue weighted by molar-refractivity contribution is 7.98. The highest BCUT2D eigenvalue weighted by atomic mass is 35.5. The van der Waals surface area contributed by atoms with E-state index in [0.717, 1.165) is 5.56 Å². The molecule has 0 spiro atoms. The van der Waals surface area contributed by atoms with Crippen LogP contribution in [0.1, 0.15) is 5.89 Å². The molecule has 2 aromatic heterocycles. The van der Waals surface area contributed by atoms with E-state index in [-0.39, 0.29) is 5.82 Å². The zero-order chi connectivity index (χ0) is 18.8. The largest absolute Gasteiger partial charge is 0.440 e. The molecule has 0 aliphatic carbocycles. The summed E-state index contributed by atoms with van der Waals surface area (Å²) in [4.78, 5) is 4.27. The van der Waals surface area contributed by atoms with Gasteiger partial charge in [0.25, 0.3) is 0 Å². The minimum atomic E-state index is -0.322. The maximum Gasteiger partial charge on any atom is 0.210 e. The second-order valence-corrected chi connectivity index (χ2v) is 6.98. The van der Waals surface area contributed by atoms with Gasteiger partial charge in [0.05, 0.1) is 11.9 Å². The van der Waals surface area contributed by atoms with Crippen LogP contribution >= 0.6 is 23.4 Å². The van der Waals surface area contributed by atoms with Crippen LogP contribution < -0.4 is 5.84 Å². The average Bonchev–Trinajstić information content (AvgIpc) is 3.28. The predicted octanol–water partition coefficient (Wildman–Crippen LogP) is 4.40. The van der Waals surface area contributed by atoms with Crippen molar-refractivity contribution >= 4 is 23.4 Å². The molecule has 0 saturated carbocycles. The zero-order valence-corrected chi connectivity index (χ0v) is 15.4. The second-order valence-electron chi connectivity index (χ2n) is 5.60. The van der Waals surface area contributed by atoms with Crippen LogP contribution in [0.2, 0.25) is 5.02 Å². The molecule has 27 heavy (non-hydrogen) atoms. The first-order chi connectivity index (χ1) is 13.1. The van der Waals surface area contributed by atoms with Crippen molar-refractivity contribution in [1.82, 2.24) is 19.9 Å². The Morgan fingerprint density at radius 2 is 1.74 bits per heavy atom. The fourth-order valence-corrected chi connectivity index (χ4v) is 3.26. The van der Waals surface area contributed by atoms with Gasteiger partial charge in [-0.25, -0.2) is 14.1 Å². The molecule has 136 valence electrons. The van der Waals surface area contributed by atoms with Gasteiger partial charge in [-0.3, -0.25) is 0 Å². The number of hydrogen-bond donors (Lipinski definition) is 1. The Hall–Kier alpha value is -2.84. The van der Waals surface area contributed by atoms with Crippen LogP contribution in [0.4, 0.5) is 4.39 Å². The lowest BCUT2D eigenvalue weighted by Crippen LogP contribution is -2.11. The highest BCUT2D eigenvalue weighted by Gasteiger charge is 2.14. The molecule has 0 unspecified atom stereocenters. The molecule has 4 aromatic rings. The Bertz CT molecular complexity index is 1060. The number of benzene rings is 2. The number of rotatable bonds is 5. The van der Waals surface area contributed by atoms with Crippen molar-refractivity contribution in [3.63, 3.8) is 0 Å². The number of nitrogen functional groups attached to an aromatic ring is 1. The van der Waals surface area contributed by atoms with E-state index in [1.807, 2.05) is 12.1 Å². The lowest BCUT2D eigenvalue weighted by molar-refractivity contribution is 0.529. The van der Waals surface area contributed by atoms with E-state index in [0.29, 0.717) is 39.0 Å². The van der Waals surface area contributed by atoms with E-state index in [2.05, 4.69) is 15.2 Å². The van der Waals surface area contributed by atoms with Gasteiger partial charge in [-0.1, -0.05) is 23.4 Å². The third kappa shape index (κ3) is 3.81. The van der Waals surface area contributed by atoms with Gasteiger partial charge in [-0.2, -0.15) is 0 Å². The molecule has 0 saturated heterocycles. The molecule has 0 bridgehead atoms. The minimum Gasteiger partial charge on any atom is -0.440 e. The summed E-state index contributed by atoms with van der Waals surface area (Å²) in [6.07, 6.45) is 1.66. The third-order valence-electron chi connectivity index (χ3n) is 3.77. The molecule has 0 atom stereocenters. The summed E-state index contributed by atoms with van der Waals surface area (Å²) < 4.78 is 20.2. The van der Waals surface area contributed by atoms with E-state index in [1.54, 1.807) is 30.5 Å². The van der Waals surface area contributed by atoms with Crippen LogP contribution in [0.3, 0.4) is 0 Å². The summed E-state index contributed by atoms with van der Waals surface area (Å²) in [5.41, 5.74) is 1.57. The standard InChI is InChI=1S/C18H13ClFN5OS/c19-13-5-1-11(2-6-13)15-9-22-16(26-15)10-27-18-24-23-17(25(18)21)12-3-7-14(20)8-4-12/h1-9H,10,21H2. The summed E-state index contributed by atoms with van der Waals surface area (Å²) in [6.45, 7) is 0. The molecule has 4 rings (SSSR count). The molecule has 0 aliphatic heterocycles. The lowest BCUT2D eigenvalue weighted by Gasteiger charge is -2.02. The smallest absolute Gasteiger partial charge is 0.210 e. The maximum atomic E-state index is 13.1. The first kappa shape index (κ1) is 17.6. The number of hydrogen-bond acceptors (Lipinski definition) is 6. The first-order valence-electron chi connectivity index (χ1n) is 7.90. The summed E-state index contributed by atoms with van der Waals surface area (Å²) in [5.74, 6) is 7.82. The van der Waals surface area contributed by atoms with Crippen LogP contribution in [-0.2, 0) is 5.75 Å². The molecule has 0 aliphatic rings. The van der Waals surface area contributed by atoms with Crippen molar-refractivity contribution in [3.05, 3.63) is 71.5 Å². The van der Waals surface area contributed by atoms with Gasteiger partial charge >= 0.3 is 0 Å². The lowest BCUT2D eigenvalue weighted by atomic mass is 10.2. The van der Waals surface area contributed by atoms with Crippen LogP contribution in [0.25, 0.3) is 22.7 Å². The molecule has 0 radical (unpaired) electrons. The molecule has 0 fully saturated rings. The Labute approximate surface area is 163 Å². The average molecular weight is 402 g/mol. The van der Waals surface area contributed by atoms with Gasteiger partial charge < -0.3 is 10.3 Å². The maximum absolute atomic E-state index is 13.1. The van der Waals surface area contributed by atoms with Crippen LogP contribution in [0.15, 0.2) is 64.3 Å². The molecule has 2 N–H and O–H groups in total. The Kier molecular flexibility index (Phi) is 4.83. The predicted molar refractivity (Wildman–Crippen MR) is 102 cm³/mol. The summed E-state index contributed by atoms with van der Waals surface area (Å²) in [6, 6.07) is 13.2. The molecular formula is C18H13ClFN5OS. The quantitative estimate of drug-likeness (QED) is 0.394. The van der Waals surface area contributed by atoms with Crippen LogP contribution in [0, 0.1) is 5.82 Å². The molecular weight excluding hydrogens is 389 g/mol. The van der Waals surface area contributed by atoms with Crippen molar-refractivity contribution in [2.24, 2.45) is 0 Å². The van der Waals surface area contributed by atoms with Gasteiger partial charge in [0.2, 0.25) is 11.0 Å². The Morgan fingerprint density at radius 1 is 1.04 bits per heavy atom. The molecule has 2 heterocycles. The summed E-state index contributed by atoms with van der Waals surface area (Å²) >= 11 is 7.24. The highest BCUT2D eigenvalue weighted by Crippen LogP contribution is 2.27. The topological polar surface area (TPSA) is 82.8 Å². The van der Waals surface area contributed by atoms with Gasteiger partial charge in [-0.05, 0) is 48.5 Å². The normalized spacial score (nSPS) is 11.0. The fourth-order valence-electron chi connectivity index (χ4n) is 2.42. The molecule has 0 amide bonds. The zero-order valence-electron chi connectivity index (χ0n) is 13.8. The second kappa shape index (κ2) is 7.42. The van der Waals surface area contributed by atoms with Gasteiger partial charge in [0, 0.05) is 16.1 Å².